The minimum Gasteiger partial charge on any atom is -0.457 e. The highest BCUT2D eigenvalue weighted by Crippen LogP contribution is 2.31. The van der Waals surface area contributed by atoms with E-state index < -0.39 is 6.10 Å². The number of hydrogen-bond donors (Lipinski definition) is 1. The van der Waals surface area contributed by atoms with Crippen LogP contribution < -0.4 is 4.74 Å². The molecule has 116 valence electrons. The lowest BCUT2D eigenvalue weighted by Gasteiger charge is -2.15. The molecular weight excluding hydrogens is 308 g/mol. The second-order valence-corrected chi connectivity index (χ2v) is 5.71. The number of aliphatic hydroxyl groups excluding tert-OH is 1. The van der Waals surface area contributed by atoms with Crippen molar-refractivity contribution in [2.75, 3.05) is 0 Å². The molecule has 0 spiro atoms. The smallest absolute Gasteiger partial charge is 0.127 e. The molecular formula is C20H17ClO2. The second-order valence-electron chi connectivity index (χ2n) is 5.30. The maximum absolute atomic E-state index is 10.5. The van der Waals surface area contributed by atoms with Gasteiger partial charge < -0.3 is 9.84 Å². The van der Waals surface area contributed by atoms with Crippen molar-refractivity contribution in [1.82, 2.24) is 0 Å². The van der Waals surface area contributed by atoms with Gasteiger partial charge in [-0.2, -0.15) is 0 Å². The monoisotopic (exact) mass is 324 g/mol. The molecule has 0 heterocycles. The van der Waals surface area contributed by atoms with Crippen molar-refractivity contribution in [2.45, 2.75) is 12.5 Å². The van der Waals surface area contributed by atoms with Gasteiger partial charge in [0.1, 0.15) is 11.5 Å². The summed E-state index contributed by atoms with van der Waals surface area (Å²) in [4.78, 5) is 0. The Hall–Kier alpha value is -2.29. The van der Waals surface area contributed by atoms with E-state index in [1.807, 2.05) is 60.7 Å². The standard InChI is InChI=1S/C20H17ClO2/c21-19-12-11-17(23-16-9-5-2-6-10-16)14-18(19)20(22)13-15-7-3-1-4-8-15/h1-12,14,20,22H,13H2. The Morgan fingerprint density at radius 1 is 0.826 bits per heavy atom. The SMILES string of the molecule is OC(Cc1ccccc1)c1cc(Oc2ccccc2)ccc1Cl. The number of ether oxygens (including phenoxy) is 1. The number of benzene rings is 3. The Balaban J connectivity index is 1.80. The molecule has 0 saturated carbocycles. The molecule has 0 fully saturated rings. The van der Waals surface area contributed by atoms with Gasteiger partial charge in [0.25, 0.3) is 0 Å². The van der Waals surface area contributed by atoms with E-state index >= 15 is 0 Å². The zero-order valence-electron chi connectivity index (χ0n) is 12.5. The van der Waals surface area contributed by atoms with Gasteiger partial charge in [-0.05, 0) is 35.9 Å². The van der Waals surface area contributed by atoms with Gasteiger partial charge >= 0.3 is 0 Å². The minimum absolute atomic E-state index is 0.509. The first-order valence-corrected chi connectivity index (χ1v) is 7.84. The van der Waals surface area contributed by atoms with Gasteiger partial charge in [0.2, 0.25) is 0 Å². The van der Waals surface area contributed by atoms with Crippen molar-refractivity contribution in [1.29, 1.82) is 0 Å². The first-order chi connectivity index (χ1) is 11.2. The zero-order chi connectivity index (χ0) is 16.1. The summed E-state index contributed by atoms with van der Waals surface area (Å²) in [6, 6.07) is 24.7. The van der Waals surface area contributed by atoms with Crippen LogP contribution in [-0.4, -0.2) is 5.11 Å². The number of hydrogen-bond acceptors (Lipinski definition) is 2. The average molecular weight is 325 g/mol. The van der Waals surface area contributed by atoms with E-state index in [2.05, 4.69) is 0 Å². The van der Waals surface area contributed by atoms with E-state index in [-0.39, 0.29) is 0 Å². The van der Waals surface area contributed by atoms with Crippen molar-refractivity contribution in [3.05, 3.63) is 95.0 Å². The summed E-state index contributed by atoms with van der Waals surface area (Å²) < 4.78 is 5.80. The van der Waals surface area contributed by atoms with E-state index in [4.69, 9.17) is 16.3 Å². The number of para-hydroxylation sites is 1. The Bertz CT molecular complexity index is 757. The normalized spacial score (nSPS) is 11.9. The molecule has 0 aliphatic rings. The molecule has 3 aromatic carbocycles. The molecule has 2 nitrogen and oxygen atoms in total. The third kappa shape index (κ3) is 4.13. The summed E-state index contributed by atoms with van der Waals surface area (Å²) in [5.74, 6) is 1.40. The van der Waals surface area contributed by atoms with Crippen LogP contribution in [0.1, 0.15) is 17.2 Å². The molecule has 3 aromatic rings. The highest BCUT2D eigenvalue weighted by Gasteiger charge is 2.14. The van der Waals surface area contributed by atoms with E-state index in [1.54, 1.807) is 18.2 Å². The van der Waals surface area contributed by atoms with E-state index in [0.29, 0.717) is 22.8 Å². The molecule has 3 heteroatoms. The van der Waals surface area contributed by atoms with Gasteiger partial charge in [0.05, 0.1) is 6.10 Å². The summed E-state index contributed by atoms with van der Waals surface area (Å²) >= 11 is 6.24. The summed E-state index contributed by atoms with van der Waals surface area (Å²) in [6.45, 7) is 0. The van der Waals surface area contributed by atoms with Crippen LogP contribution in [0.5, 0.6) is 11.5 Å². The molecule has 0 saturated heterocycles. The van der Waals surface area contributed by atoms with Crippen LogP contribution in [0, 0.1) is 0 Å². The van der Waals surface area contributed by atoms with Crippen LogP contribution in [0.15, 0.2) is 78.9 Å². The zero-order valence-corrected chi connectivity index (χ0v) is 13.3. The molecule has 1 atom stereocenters. The van der Waals surface area contributed by atoms with Crippen molar-refractivity contribution in [3.63, 3.8) is 0 Å². The Morgan fingerprint density at radius 3 is 2.17 bits per heavy atom. The first kappa shape index (κ1) is 15.6. The van der Waals surface area contributed by atoms with Gasteiger partial charge in [-0.1, -0.05) is 60.1 Å². The third-order valence-electron chi connectivity index (χ3n) is 3.58. The fourth-order valence-corrected chi connectivity index (χ4v) is 2.66. The predicted molar refractivity (Wildman–Crippen MR) is 93.1 cm³/mol. The van der Waals surface area contributed by atoms with Gasteiger partial charge in [-0.25, -0.2) is 0 Å². The molecule has 3 rings (SSSR count). The maximum Gasteiger partial charge on any atom is 0.127 e. The lowest BCUT2D eigenvalue weighted by molar-refractivity contribution is 0.178. The largest absolute Gasteiger partial charge is 0.457 e. The van der Waals surface area contributed by atoms with Crippen molar-refractivity contribution in [2.24, 2.45) is 0 Å². The number of halogens is 1. The molecule has 0 amide bonds. The number of aliphatic hydroxyl groups is 1. The fourth-order valence-electron chi connectivity index (χ4n) is 2.41. The first-order valence-electron chi connectivity index (χ1n) is 7.47. The molecule has 1 N–H and O–H groups in total. The van der Waals surface area contributed by atoms with Crippen LogP contribution in [0.25, 0.3) is 0 Å². The molecule has 1 unspecified atom stereocenters. The molecule has 0 bridgehead atoms. The van der Waals surface area contributed by atoms with Gasteiger partial charge in [0, 0.05) is 17.0 Å². The lowest BCUT2D eigenvalue weighted by atomic mass is 10.0. The van der Waals surface area contributed by atoms with Gasteiger partial charge in [-0.3, -0.25) is 0 Å². The Kier molecular flexibility index (Phi) is 4.96. The van der Waals surface area contributed by atoms with Crippen LogP contribution in [0.2, 0.25) is 5.02 Å². The second kappa shape index (κ2) is 7.32. The molecule has 0 aliphatic carbocycles. The molecule has 23 heavy (non-hydrogen) atoms. The van der Waals surface area contributed by atoms with Crippen LogP contribution in [0.4, 0.5) is 0 Å². The van der Waals surface area contributed by atoms with Crippen molar-refractivity contribution < 1.29 is 9.84 Å². The predicted octanol–water partition coefficient (Wildman–Crippen LogP) is 5.41. The summed E-state index contributed by atoms with van der Waals surface area (Å²) in [5, 5.41) is 11.0. The van der Waals surface area contributed by atoms with Gasteiger partial charge in [-0.15, -0.1) is 0 Å². The quantitative estimate of drug-likeness (QED) is 0.680. The van der Waals surface area contributed by atoms with E-state index in [0.717, 1.165) is 11.3 Å². The third-order valence-corrected chi connectivity index (χ3v) is 3.92. The summed E-state index contributed by atoms with van der Waals surface area (Å²) in [7, 11) is 0. The van der Waals surface area contributed by atoms with Crippen LogP contribution in [-0.2, 0) is 6.42 Å². The molecule has 0 aliphatic heterocycles. The summed E-state index contributed by atoms with van der Waals surface area (Å²) in [5.41, 5.74) is 1.73. The minimum atomic E-state index is -0.677. The highest BCUT2D eigenvalue weighted by atomic mass is 35.5. The Morgan fingerprint density at radius 2 is 1.48 bits per heavy atom. The van der Waals surface area contributed by atoms with Crippen molar-refractivity contribution in [3.8, 4) is 11.5 Å². The van der Waals surface area contributed by atoms with Crippen molar-refractivity contribution >= 4 is 11.6 Å². The van der Waals surface area contributed by atoms with Gasteiger partial charge in [0.15, 0.2) is 0 Å². The van der Waals surface area contributed by atoms with Crippen LogP contribution in [0.3, 0.4) is 0 Å². The molecule has 0 radical (unpaired) electrons. The molecule has 0 aromatic heterocycles. The number of rotatable bonds is 5. The maximum atomic E-state index is 10.5. The van der Waals surface area contributed by atoms with E-state index in [9.17, 15) is 5.11 Å². The lowest BCUT2D eigenvalue weighted by Crippen LogP contribution is -2.03. The van der Waals surface area contributed by atoms with E-state index in [1.165, 1.54) is 0 Å². The Labute approximate surface area is 140 Å². The summed E-state index contributed by atoms with van der Waals surface area (Å²) in [6.07, 6.45) is -0.167. The fraction of sp³-hybridized carbons (Fsp3) is 0.100. The average Bonchev–Trinajstić information content (AvgIpc) is 2.58. The topological polar surface area (TPSA) is 29.5 Å². The highest BCUT2D eigenvalue weighted by molar-refractivity contribution is 6.31. The van der Waals surface area contributed by atoms with Crippen LogP contribution >= 0.6 is 11.6 Å².